The Morgan fingerprint density at radius 3 is 2.70 bits per heavy atom. The number of fused-ring (bicyclic) bond motifs is 1. The van der Waals surface area contributed by atoms with Crippen molar-refractivity contribution in [2.45, 2.75) is 6.92 Å². The minimum Gasteiger partial charge on any atom is -0.493 e. The average molecular weight is 485 g/mol. The summed E-state index contributed by atoms with van der Waals surface area (Å²) >= 11 is 8.66. The minimum absolute atomic E-state index is 0.00441. The number of azo groups is 1. The molecule has 0 aliphatic heterocycles. The van der Waals surface area contributed by atoms with Crippen molar-refractivity contribution in [3.05, 3.63) is 69.1 Å². The van der Waals surface area contributed by atoms with Crippen LogP contribution in [0.25, 0.3) is 16.6 Å². The number of aromatic amines is 1. The maximum atomic E-state index is 12.9. The second-order valence-corrected chi connectivity index (χ2v) is 7.88. The number of aromatic nitrogens is 3. The fraction of sp³-hybridized carbons (Fsp3) is 0.100. The smallest absolute Gasteiger partial charge is 0.295 e. The number of anilines is 1. The van der Waals surface area contributed by atoms with E-state index in [4.69, 9.17) is 12.2 Å². The Bertz CT molecular complexity index is 1350. The Labute approximate surface area is 185 Å². The van der Waals surface area contributed by atoms with Gasteiger partial charge < -0.3 is 15.4 Å². The third-order valence-electron chi connectivity index (χ3n) is 4.74. The Hall–Kier alpha value is -3.24. The molecule has 3 N–H and O–H groups in total. The molecule has 0 amide bonds. The highest BCUT2D eigenvalue weighted by molar-refractivity contribution is 9.10. The van der Waals surface area contributed by atoms with Crippen molar-refractivity contribution >= 4 is 55.5 Å². The third-order valence-corrected chi connectivity index (χ3v) is 5.42. The number of H-pyrrole nitrogens is 1. The van der Waals surface area contributed by atoms with Crippen LogP contribution in [0.3, 0.4) is 0 Å². The van der Waals surface area contributed by atoms with Gasteiger partial charge in [0, 0.05) is 16.9 Å². The SMILES string of the molecule is Cc1c(NC(=S)N=Nc2c(O)[nH]c3ccc(Br)cc23)c(=O)n(-c2ccccc2)n1C. The fourth-order valence-electron chi connectivity index (χ4n) is 3.18. The van der Waals surface area contributed by atoms with E-state index in [1.54, 1.807) is 16.4 Å². The van der Waals surface area contributed by atoms with Crippen molar-refractivity contribution in [2.24, 2.45) is 17.3 Å². The summed E-state index contributed by atoms with van der Waals surface area (Å²) in [6.45, 7) is 1.81. The zero-order chi connectivity index (χ0) is 21.4. The molecular weight excluding hydrogens is 468 g/mol. The number of para-hydroxylation sites is 1. The first-order chi connectivity index (χ1) is 14.4. The van der Waals surface area contributed by atoms with Crippen molar-refractivity contribution in [1.29, 1.82) is 0 Å². The summed E-state index contributed by atoms with van der Waals surface area (Å²) in [7, 11) is 1.79. The van der Waals surface area contributed by atoms with Gasteiger partial charge >= 0.3 is 0 Å². The second kappa shape index (κ2) is 7.88. The van der Waals surface area contributed by atoms with Crippen LogP contribution in [-0.4, -0.2) is 24.6 Å². The summed E-state index contributed by atoms with van der Waals surface area (Å²) in [6, 6.07) is 14.8. The molecule has 0 unspecified atom stereocenters. The zero-order valence-electron chi connectivity index (χ0n) is 16.0. The first kappa shape index (κ1) is 20.0. The number of nitrogens with zero attached hydrogens (tertiary/aromatic N) is 4. The molecule has 10 heteroatoms. The number of nitrogens with one attached hydrogen (secondary N) is 2. The van der Waals surface area contributed by atoms with Crippen molar-refractivity contribution in [2.75, 3.05) is 5.32 Å². The van der Waals surface area contributed by atoms with Crippen LogP contribution in [-0.2, 0) is 7.05 Å². The maximum Gasteiger partial charge on any atom is 0.295 e. The molecule has 8 nitrogen and oxygen atoms in total. The van der Waals surface area contributed by atoms with Crippen LogP contribution in [0.4, 0.5) is 11.4 Å². The Balaban J connectivity index is 1.64. The third kappa shape index (κ3) is 3.55. The van der Waals surface area contributed by atoms with Crippen LogP contribution in [0.5, 0.6) is 5.88 Å². The van der Waals surface area contributed by atoms with Crippen LogP contribution >= 0.6 is 28.1 Å². The molecule has 2 aromatic carbocycles. The highest BCUT2D eigenvalue weighted by Gasteiger charge is 2.17. The lowest BCUT2D eigenvalue weighted by Gasteiger charge is -2.07. The number of hydrogen-bond donors (Lipinski definition) is 3. The number of rotatable bonds is 3. The van der Waals surface area contributed by atoms with Gasteiger partial charge in [-0.2, -0.15) is 0 Å². The lowest BCUT2D eigenvalue weighted by molar-refractivity contribution is 0.459. The molecule has 0 aliphatic rings. The molecule has 2 aromatic heterocycles. The van der Waals surface area contributed by atoms with E-state index >= 15 is 0 Å². The molecule has 4 rings (SSSR count). The summed E-state index contributed by atoms with van der Waals surface area (Å²) in [6.07, 6.45) is 0. The maximum absolute atomic E-state index is 12.9. The predicted molar refractivity (Wildman–Crippen MR) is 124 cm³/mol. The van der Waals surface area contributed by atoms with Gasteiger partial charge in [0.15, 0.2) is 5.69 Å². The summed E-state index contributed by atoms with van der Waals surface area (Å²) in [4.78, 5) is 15.8. The van der Waals surface area contributed by atoms with Crippen LogP contribution < -0.4 is 10.9 Å². The molecule has 4 aromatic rings. The van der Waals surface area contributed by atoms with Gasteiger partial charge in [-0.15, -0.1) is 10.2 Å². The molecule has 0 fully saturated rings. The van der Waals surface area contributed by atoms with E-state index in [0.717, 1.165) is 10.2 Å². The first-order valence-electron chi connectivity index (χ1n) is 8.93. The van der Waals surface area contributed by atoms with Crippen molar-refractivity contribution in [3.63, 3.8) is 0 Å². The Morgan fingerprint density at radius 2 is 1.97 bits per heavy atom. The van der Waals surface area contributed by atoms with E-state index in [9.17, 15) is 9.90 Å². The van der Waals surface area contributed by atoms with E-state index < -0.39 is 0 Å². The number of thiocarbonyl (C=S) groups is 1. The van der Waals surface area contributed by atoms with Crippen molar-refractivity contribution in [1.82, 2.24) is 14.3 Å². The predicted octanol–water partition coefficient (Wildman–Crippen LogP) is 4.91. The standard InChI is InChI=1S/C20H17BrN6O2S/c1-11-16(19(29)27(26(11)2)13-6-4-3-5-7-13)23-20(30)25-24-17-14-10-12(21)8-9-15(14)22-18(17)28/h3-10,22,28H,1-2H3,(H,23,30). The van der Waals surface area contributed by atoms with Gasteiger partial charge in [-0.1, -0.05) is 34.1 Å². The summed E-state index contributed by atoms with van der Waals surface area (Å²) in [5.41, 5.74) is 2.48. The topological polar surface area (TPSA) is 99.7 Å². The molecule has 0 aliphatic carbocycles. The zero-order valence-corrected chi connectivity index (χ0v) is 18.5. The first-order valence-corrected chi connectivity index (χ1v) is 10.1. The highest BCUT2D eigenvalue weighted by atomic mass is 79.9. The van der Waals surface area contributed by atoms with E-state index in [1.807, 2.05) is 55.5 Å². The summed E-state index contributed by atoms with van der Waals surface area (Å²) < 4.78 is 4.12. The van der Waals surface area contributed by atoms with Gasteiger partial charge in [-0.3, -0.25) is 9.48 Å². The van der Waals surface area contributed by atoms with Gasteiger partial charge in [0.1, 0.15) is 5.69 Å². The molecule has 30 heavy (non-hydrogen) atoms. The molecule has 152 valence electrons. The molecule has 0 spiro atoms. The number of aromatic hydroxyl groups is 1. The fourth-order valence-corrected chi connectivity index (χ4v) is 3.68. The quantitative estimate of drug-likeness (QED) is 0.284. The normalized spacial score (nSPS) is 11.4. The van der Waals surface area contributed by atoms with E-state index in [-0.39, 0.29) is 22.2 Å². The van der Waals surface area contributed by atoms with Gasteiger partial charge in [0.25, 0.3) is 5.56 Å². The molecule has 0 radical (unpaired) electrons. The van der Waals surface area contributed by atoms with Gasteiger partial charge in [0.2, 0.25) is 11.0 Å². The molecule has 0 atom stereocenters. The van der Waals surface area contributed by atoms with Gasteiger partial charge in [0.05, 0.1) is 16.9 Å². The number of hydrogen-bond acceptors (Lipinski definition) is 4. The Kier molecular flexibility index (Phi) is 5.27. The van der Waals surface area contributed by atoms with Crippen molar-refractivity contribution in [3.8, 4) is 11.6 Å². The van der Waals surface area contributed by atoms with E-state index in [0.29, 0.717) is 22.3 Å². The van der Waals surface area contributed by atoms with Crippen LogP contribution in [0.15, 0.2) is 68.0 Å². The van der Waals surface area contributed by atoms with Gasteiger partial charge in [-0.25, -0.2) is 4.68 Å². The molecule has 0 saturated carbocycles. The van der Waals surface area contributed by atoms with Crippen molar-refractivity contribution < 1.29 is 5.11 Å². The average Bonchev–Trinajstić information content (AvgIpc) is 3.14. The van der Waals surface area contributed by atoms with Crippen LogP contribution in [0, 0.1) is 6.92 Å². The molecule has 0 bridgehead atoms. The molecule has 2 heterocycles. The summed E-state index contributed by atoms with van der Waals surface area (Å²) in [5, 5.41) is 21.8. The highest BCUT2D eigenvalue weighted by Crippen LogP contribution is 2.36. The summed E-state index contributed by atoms with van der Waals surface area (Å²) in [5.74, 6) is -0.114. The van der Waals surface area contributed by atoms with Crippen LogP contribution in [0.2, 0.25) is 0 Å². The lowest BCUT2D eigenvalue weighted by atomic mass is 10.2. The van der Waals surface area contributed by atoms with E-state index in [1.165, 1.54) is 0 Å². The van der Waals surface area contributed by atoms with Crippen LogP contribution in [0.1, 0.15) is 5.69 Å². The molecule has 0 saturated heterocycles. The number of benzene rings is 2. The number of halogens is 1. The molecular formula is C20H17BrN6O2S. The monoisotopic (exact) mass is 484 g/mol. The second-order valence-electron chi connectivity index (χ2n) is 6.58. The minimum atomic E-state index is -0.252. The largest absolute Gasteiger partial charge is 0.493 e. The lowest BCUT2D eigenvalue weighted by Crippen LogP contribution is -2.21. The van der Waals surface area contributed by atoms with Gasteiger partial charge in [-0.05, 0) is 49.5 Å². The Morgan fingerprint density at radius 1 is 1.23 bits per heavy atom. The van der Waals surface area contributed by atoms with E-state index in [2.05, 4.69) is 36.5 Å².